The van der Waals surface area contributed by atoms with Crippen molar-refractivity contribution in [2.75, 3.05) is 0 Å². The van der Waals surface area contributed by atoms with E-state index in [2.05, 4.69) is 113 Å². The van der Waals surface area contributed by atoms with Crippen molar-refractivity contribution in [2.45, 2.75) is 0 Å². The van der Waals surface area contributed by atoms with E-state index in [0.29, 0.717) is 0 Å². The molecule has 5 nitrogen and oxygen atoms in total. The second-order valence-corrected chi connectivity index (χ2v) is 11.9. The fourth-order valence-corrected chi connectivity index (χ4v) is 7.02. The van der Waals surface area contributed by atoms with Crippen LogP contribution in [0.2, 0.25) is 0 Å². The molecule has 0 aliphatic heterocycles. The van der Waals surface area contributed by atoms with Crippen LogP contribution < -0.4 is 0 Å². The molecule has 0 spiro atoms. The Balaban J connectivity index is 1.22. The molecule has 0 fully saturated rings. The van der Waals surface area contributed by atoms with Crippen molar-refractivity contribution in [3.05, 3.63) is 152 Å². The Kier molecular flexibility index (Phi) is 5.51. The summed E-state index contributed by atoms with van der Waals surface area (Å²) in [5, 5.41) is 6.93. The summed E-state index contributed by atoms with van der Waals surface area (Å²) >= 11 is 0. The van der Waals surface area contributed by atoms with Crippen LogP contribution in [-0.2, 0) is 0 Å². The van der Waals surface area contributed by atoms with Gasteiger partial charge in [-0.2, -0.15) is 0 Å². The van der Waals surface area contributed by atoms with Crippen molar-refractivity contribution in [2.24, 2.45) is 0 Å². The zero-order valence-corrected chi connectivity index (χ0v) is 25.2. The Morgan fingerprint density at radius 3 is 2.09 bits per heavy atom. The van der Waals surface area contributed by atoms with Crippen molar-refractivity contribution in [1.29, 1.82) is 0 Å². The molecular weight excluding hydrogens is 574 g/mol. The van der Waals surface area contributed by atoms with Gasteiger partial charge in [-0.1, -0.05) is 97.1 Å². The Morgan fingerprint density at radius 2 is 1.21 bits per heavy atom. The number of rotatable bonds is 3. The third kappa shape index (κ3) is 3.97. The van der Waals surface area contributed by atoms with Crippen LogP contribution in [0.15, 0.2) is 152 Å². The topological polar surface area (TPSA) is 56.0 Å². The summed E-state index contributed by atoms with van der Waals surface area (Å²) < 4.78 is 2.20. The van der Waals surface area contributed by atoms with Gasteiger partial charge in [-0.3, -0.25) is 9.38 Å². The number of pyridine rings is 2. The minimum Gasteiger partial charge on any atom is -0.299 e. The van der Waals surface area contributed by atoms with Crippen molar-refractivity contribution >= 4 is 60.0 Å². The highest BCUT2D eigenvalue weighted by Crippen LogP contribution is 2.39. The molecule has 0 aliphatic rings. The van der Waals surface area contributed by atoms with Crippen LogP contribution in [0.5, 0.6) is 0 Å². The molecule has 10 aromatic rings. The SMILES string of the molecule is c1ccc(-c2nc3ccc4ccc(-c5ccc6c(c5)c5ccccc5c5nc7ccccn7c65)cc4c3nc2-c2ccccn2)cc1. The molecule has 0 atom stereocenters. The van der Waals surface area contributed by atoms with Gasteiger partial charge in [0.2, 0.25) is 0 Å². The lowest BCUT2D eigenvalue weighted by Crippen LogP contribution is -1.97. The number of aromatic nitrogens is 5. The fourth-order valence-electron chi connectivity index (χ4n) is 7.02. The lowest BCUT2D eigenvalue weighted by atomic mass is 9.94. The van der Waals surface area contributed by atoms with Gasteiger partial charge in [-0.25, -0.2) is 15.0 Å². The maximum absolute atomic E-state index is 5.30. The van der Waals surface area contributed by atoms with Gasteiger partial charge >= 0.3 is 0 Å². The molecule has 0 N–H and O–H groups in total. The van der Waals surface area contributed by atoms with Crippen LogP contribution in [-0.4, -0.2) is 24.3 Å². The lowest BCUT2D eigenvalue weighted by molar-refractivity contribution is 1.23. The first kappa shape index (κ1) is 25.8. The largest absolute Gasteiger partial charge is 0.299 e. The number of imidazole rings is 1. The molecule has 0 radical (unpaired) electrons. The highest BCUT2D eigenvalue weighted by atomic mass is 15.0. The van der Waals surface area contributed by atoms with E-state index < -0.39 is 0 Å². The van der Waals surface area contributed by atoms with E-state index in [0.717, 1.165) is 77.6 Å². The van der Waals surface area contributed by atoms with E-state index in [9.17, 15) is 0 Å². The number of fused-ring (bicyclic) bond motifs is 11. The Bertz CT molecular complexity index is 2840. The molecular formula is C42H25N5. The molecule has 47 heavy (non-hydrogen) atoms. The van der Waals surface area contributed by atoms with Gasteiger partial charge in [0.1, 0.15) is 11.3 Å². The predicted molar refractivity (Wildman–Crippen MR) is 192 cm³/mol. The summed E-state index contributed by atoms with van der Waals surface area (Å²) in [5.41, 5.74) is 10.5. The normalized spacial score (nSPS) is 11.8. The first-order chi connectivity index (χ1) is 23.3. The molecule has 0 bridgehead atoms. The van der Waals surface area contributed by atoms with Gasteiger partial charge in [0, 0.05) is 34.1 Å². The summed E-state index contributed by atoms with van der Waals surface area (Å²) in [7, 11) is 0. The molecule has 6 aromatic carbocycles. The second-order valence-electron chi connectivity index (χ2n) is 11.9. The second kappa shape index (κ2) is 10.0. The van der Waals surface area contributed by atoms with Crippen molar-refractivity contribution < 1.29 is 0 Å². The van der Waals surface area contributed by atoms with E-state index in [4.69, 9.17) is 15.0 Å². The monoisotopic (exact) mass is 599 g/mol. The predicted octanol–water partition coefficient (Wildman–Crippen LogP) is 10.3. The highest BCUT2D eigenvalue weighted by molar-refractivity contribution is 6.24. The van der Waals surface area contributed by atoms with Gasteiger partial charge in [0.15, 0.2) is 0 Å². The smallest absolute Gasteiger partial charge is 0.137 e. The average molecular weight is 600 g/mol. The summed E-state index contributed by atoms with van der Waals surface area (Å²) in [4.78, 5) is 20.2. The molecule has 5 heteroatoms. The summed E-state index contributed by atoms with van der Waals surface area (Å²) in [6, 6.07) is 48.6. The van der Waals surface area contributed by atoms with Gasteiger partial charge in [-0.05, 0) is 69.8 Å². The van der Waals surface area contributed by atoms with Gasteiger partial charge in [0.05, 0.1) is 33.5 Å². The Hall–Kier alpha value is -6.46. The number of nitrogens with zero attached hydrogens (tertiary/aromatic N) is 5. The minimum absolute atomic E-state index is 0.774. The molecule has 0 aliphatic carbocycles. The van der Waals surface area contributed by atoms with Crippen LogP contribution in [0.3, 0.4) is 0 Å². The maximum Gasteiger partial charge on any atom is 0.137 e. The summed E-state index contributed by atoms with van der Waals surface area (Å²) in [5.74, 6) is 0. The van der Waals surface area contributed by atoms with Crippen LogP contribution in [0.4, 0.5) is 0 Å². The van der Waals surface area contributed by atoms with Gasteiger partial charge in [-0.15, -0.1) is 0 Å². The lowest BCUT2D eigenvalue weighted by Gasteiger charge is -2.13. The fraction of sp³-hybridized carbons (Fsp3) is 0. The van der Waals surface area contributed by atoms with Crippen LogP contribution in [0.1, 0.15) is 0 Å². The quantitative estimate of drug-likeness (QED) is 0.190. The first-order valence-electron chi connectivity index (χ1n) is 15.7. The van der Waals surface area contributed by atoms with Crippen LogP contribution >= 0.6 is 0 Å². The molecule has 0 saturated heterocycles. The standard InChI is InChI=1S/C42H25N5/c1-2-10-27(11-3-1)38-41(35-14-6-8-22-43-35)46-39-33-24-28(17-16-26(33)19-21-36(39)44-38)29-18-20-32-34(25-29)30-12-4-5-13-31(30)40-42(32)47-23-9-7-15-37(47)45-40/h1-25H. The van der Waals surface area contributed by atoms with E-state index >= 15 is 0 Å². The highest BCUT2D eigenvalue weighted by Gasteiger charge is 2.17. The minimum atomic E-state index is 0.774. The summed E-state index contributed by atoms with van der Waals surface area (Å²) in [6.07, 6.45) is 3.91. The van der Waals surface area contributed by atoms with Gasteiger partial charge < -0.3 is 0 Å². The van der Waals surface area contributed by atoms with Crippen LogP contribution in [0, 0.1) is 0 Å². The zero-order chi connectivity index (χ0) is 30.9. The Labute approximate surface area is 269 Å². The third-order valence-corrected chi connectivity index (χ3v) is 9.22. The number of benzene rings is 6. The van der Waals surface area contributed by atoms with Crippen molar-refractivity contribution in [3.63, 3.8) is 0 Å². The molecule has 4 heterocycles. The zero-order valence-electron chi connectivity index (χ0n) is 25.2. The van der Waals surface area contributed by atoms with E-state index in [1.807, 2.05) is 42.5 Å². The molecule has 0 amide bonds. The van der Waals surface area contributed by atoms with Crippen molar-refractivity contribution in [3.8, 4) is 33.8 Å². The van der Waals surface area contributed by atoms with E-state index in [1.165, 1.54) is 16.2 Å². The van der Waals surface area contributed by atoms with Crippen LogP contribution in [0.25, 0.3) is 93.8 Å². The molecule has 0 unspecified atom stereocenters. The van der Waals surface area contributed by atoms with Gasteiger partial charge in [0.25, 0.3) is 0 Å². The number of hydrogen-bond donors (Lipinski definition) is 0. The first-order valence-corrected chi connectivity index (χ1v) is 15.7. The molecule has 218 valence electrons. The molecule has 0 saturated carbocycles. The average Bonchev–Trinajstić information content (AvgIpc) is 3.55. The number of hydrogen-bond acceptors (Lipinski definition) is 4. The molecule has 10 rings (SSSR count). The Morgan fingerprint density at radius 1 is 0.447 bits per heavy atom. The van der Waals surface area contributed by atoms with Crippen molar-refractivity contribution in [1.82, 2.24) is 24.3 Å². The maximum atomic E-state index is 5.30. The van der Waals surface area contributed by atoms with E-state index in [1.54, 1.807) is 6.20 Å². The third-order valence-electron chi connectivity index (χ3n) is 9.22. The summed E-state index contributed by atoms with van der Waals surface area (Å²) in [6.45, 7) is 0. The molecule has 4 aromatic heterocycles. The van der Waals surface area contributed by atoms with E-state index in [-0.39, 0.29) is 0 Å².